The molecule has 0 radical (unpaired) electrons. The first-order valence-corrected chi connectivity index (χ1v) is 9.63. The lowest BCUT2D eigenvalue weighted by Gasteiger charge is -2.16. The zero-order valence-corrected chi connectivity index (χ0v) is 16.6. The van der Waals surface area contributed by atoms with E-state index < -0.39 is 23.4 Å². The molecule has 0 saturated heterocycles. The van der Waals surface area contributed by atoms with Crippen LogP contribution in [-0.4, -0.2) is 18.4 Å². The van der Waals surface area contributed by atoms with E-state index in [2.05, 4.69) is 5.32 Å². The standard InChI is InChI=1S/C24H18F2N2O3/c1-2-31-18-11-9-17(10-12-18)28-23(29)21(15-6-4-3-5-7-15)22(24(28)30)27-16-8-13-19(25)20(26)14-16/h3-14,27H,2H2,1H3. The van der Waals surface area contributed by atoms with Crippen LogP contribution in [0.1, 0.15) is 12.5 Å². The molecule has 0 atom stereocenters. The minimum atomic E-state index is -1.06. The first kappa shape index (κ1) is 20.3. The molecule has 5 nitrogen and oxygen atoms in total. The van der Waals surface area contributed by atoms with Gasteiger partial charge >= 0.3 is 0 Å². The minimum absolute atomic E-state index is 0.0175. The molecule has 0 unspecified atom stereocenters. The second-order valence-electron chi connectivity index (χ2n) is 6.74. The molecule has 1 N–H and O–H groups in total. The van der Waals surface area contributed by atoms with Crippen molar-refractivity contribution in [2.24, 2.45) is 0 Å². The molecule has 31 heavy (non-hydrogen) atoms. The van der Waals surface area contributed by atoms with Crippen LogP contribution in [0.4, 0.5) is 20.2 Å². The molecule has 0 aliphatic carbocycles. The molecule has 0 saturated carbocycles. The first-order valence-electron chi connectivity index (χ1n) is 9.63. The smallest absolute Gasteiger partial charge is 0.282 e. The van der Waals surface area contributed by atoms with E-state index in [1.54, 1.807) is 54.6 Å². The summed E-state index contributed by atoms with van der Waals surface area (Å²) in [6.45, 7) is 2.34. The number of hydrogen-bond acceptors (Lipinski definition) is 4. The van der Waals surface area contributed by atoms with Crippen molar-refractivity contribution in [3.63, 3.8) is 0 Å². The number of benzene rings is 3. The Balaban J connectivity index is 1.76. The van der Waals surface area contributed by atoms with Gasteiger partial charge in [0.05, 0.1) is 17.9 Å². The number of amides is 2. The Labute approximate surface area is 177 Å². The first-order chi connectivity index (χ1) is 15.0. The zero-order chi connectivity index (χ0) is 22.0. The third kappa shape index (κ3) is 3.90. The SMILES string of the molecule is CCOc1ccc(N2C(=O)C(Nc3ccc(F)c(F)c3)=C(c3ccccc3)C2=O)cc1. The number of anilines is 2. The molecule has 0 aromatic heterocycles. The average molecular weight is 420 g/mol. The Morgan fingerprint density at radius 3 is 2.23 bits per heavy atom. The molecule has 7 heteroatoms. The highest BCUT2D eigenvalue weighted by Crippen LogP contribution is 2.34. The maximum atomic E-state index is 13.7. The van der Waals surface area contributed by atoms with Crippen LogP contribution >= 0.6 is 0 Å². The number of carbonyl (C=O) groups excluding carboxylic acids is 2. The second-order valence-corrected chi connectivity index (χ2v) is 6.74. The van der Waals surface area contributed by atoms with Gasteiger partial charge in [-0.2, -0.15) is 0 Å². The lowest BCUT2D eigenvalue weighted by molar-refractivity contribution is -0.120. The number of ether oxygens (including phenoxy) is 1. The van der Waals surface area contributed by atoms with E-state index in [0.717, 1.165) is 17.0 Å². The van der Waals surface area contributed by atoms with Crippen LogP contribution < -0.4 is 15.0 Å². The van der Waals surface area contributed by atoms with Gasteiger partial charge in [-0.05, 0) is 48.9 Å². The summed E-state index contributed by atoms with van der Waals surface area (Å²) in [6, 6.07) is 18.4. The summed E-state index contributed by atoms with van der Waals surface area (Å²) >= 11 is 0. The summed E-state index contributed by atoms with van der Waals surface area (Å²) in [5, 5.41) is 2.81. The minimum Gasteiger partial charge on any atom is -0.494 e. The molecule has 1 aliphatic rings. The summed E-state index contributed by atoms with van der Waals surface area (Å²) < 4.78 is 32.4. The van der Waals surface area contributed by atoms with Gasteiger partial charge in [-0.3, -0.25) is 9.59 Å². The van der Waals surface area contributed by atoms with Crippen molar-refractivity contribution in [2.75, 3.05) is 16.8 Å². The fourth-order valence-corrected chi connectivity index (χ4v) is 3.33. The van der Waals surface area contributed by atoms with Gasteiger partial charge in [0.2, 0.25) is 0 Å². The van der Waals surface area contributed by atoms with Gasteiger partial charge in [-0.1, -0.05) is 30.3 Å². The number of carbonyl (C=O) groups is 2. The number of nitrogens with zero attached hydrogens (tertiary/aromatic N) is 1. The highest BCUT2D eigenvalue weighted by Gasteiger charge is 2.40. The number of nitrogens with one attached hydrogen (secondary N) is 1. The topological polar surface area (TPSA) is 58.6 Å². The number of rotatable bonds is 6. The normalized spacial score (nSPS) is 13.7. The van der Waals surface area contributed by atoms with Crippen molar-refractivity contribution in [3.05, 3.63) is 95.7 Å². The number of hydrogen-bond donors (Lipinski definition) is 1. The molecule has 0 fully saturated rings. The predicted molar refractivity (Wildman–Crippen MR) is 113 cm³/mol. The van der Waals surface area contributed by atoms with E-state index in [-0.39, 0.29) is 17.0 Å². The molecule has 1 aliphatic heterocycles. The van der Waals surface area contributed by atoms with Crippen LogP contribution in [0.3, 0.4) is 0 Å². The van der Waals surface area contributed by atoms with Crippen LogP contribution in [0.5, 0.6) is 5.75 Å². The van der Waals surface area contributed by atoms with Crippen molar-refractivity contribution in [1.29, 1.82) is 0 Å². The molecule has 3 aromatic rings. The molecule has 2 amide bonds. The van der Waals surface area contributed by atoms with Crippen molar-refractivity contribution < 1.29 is 23.1 Å². The van der Waals surface area contributed by atoms with Crippen LogP contribution in [-0.2, 0) is 9.59 Å². The molecule has 1 heterocycles. The quantitative estimate of drug-likeness (QED) is 0.584. The van der Waals surface area contributed by atoms with Gasteiger partial charge < -0.3 is 10.1 Å². The molecular weight excluding hydrogens is 402 g/mol. The van der Waals surface area contributed by atoms with Crippen LogP contribution in [0.2, 0.25) is 0 Å². The number of imide groups is 1. The third-order valence-corrected chi connectivity index (χ3v) is 4.74. The summed E-state index contributed by atoms with van der Waals surface area (Å²) in [6.07, 6.45) is 0. The van der Waals surface area contributed by atoms with Crippen molar-refractivity contribution in [3.8, 4) is 5.75 Å². The Morgan fingerprint density at radius 1 is 0.871 bits per heavy atom. The average Bonchev–Trinajstić information content (AvgIpc) is 3.02. The van der Waals surface area contributed by atoms with Gasteiger partial charge in [0.15, 0.2) is 11.6 Å². The lowest BCUT2D eigenvalue weighted by atomic mass is 10.0. The molecule has 3 aromatic carbocycles. The van der Waals surface area contributed by atoms with E-state index in [4.69, 9.17) is 4.74 Å². The van der Waals surface area contributed by atoms with Gasteiger partial charge in [-0.15, -0.1) is 0 Å². The van der Waals surface area contributed by atoms with Crippen molar-refractivity contribution >= 4 is 28.8 Å². The summed E-state index contributed by atoms with van der Waals surface area (Å²) in [5.41, 5.74) is 1.17. The highest BCUT2D eigenvalue weighted by molar-refractivity contribution is 6.46. The molecule has 156 valence electrons. The molecule has 0 bridgehead atoms. The Hall–Kier alpha value is -4.00. The number of halogens is 2. The van der Waals surface area contributed by atoms with Crippen molar-refractivity contribution in [2.45, 2.75) is 6.92 Å². The van der Waals surface area contributed by atoms with E-state index >= 15 is 0 Å². The summed E-state index contributed by atoms with van der Waals surface area (Å²) in [4.78, 5) is 27.6. The van der Waals surface area contributed by atoms with Crippen LogP contribution in [0.15, 0.2) is 78.5 Å². The Kier molecular flexibility index (Phi) is 5.49. The molecule has 0 spiro atoms. The zero-order valence-electron chi connectivity index (χ0n) is 16.6. The Morgan fingerprint density at radius 2 is 1.58 bits per heavy atom. The maximum absolute atomic E-state index is 13.7. The molecule has 4 rings (SSSR count). The lowest BCUT2D eigenvalue weighted by Crippen LogP contribution is -2.32. The second kappa shape index (κ2) is 8.39. The Bertz CT molecular complexity index is 1180. The van der Waals surface area contributed by atoms with Gasteiger partial charge in [-0.25, -0.2) is 13.7 Å². The fourth-order valence-electron chi connectivity index (χ4n) is 3.33. The van der Waals surface area contributed by atoms with E-state index in [9.17, 15) is 18.4 Å². The predicted octanol–water partition coefficient (Wildman–Crippen LogP) is 4.76. The monoisotopic (exact) mass is 420 g/mol. The van der Waals surface area contributed by atoms with E-state index in [1.165, 1.54) is 6.07 Å². The third-order valence-electron chi connectivity index (χ3n) is 4.74. The van der Waals surface area contributed by atoms with E-state index in [1.807, 2.05) is 6.92 Å². The summed E-state index contributed by atoms with van der Waals surface area (Å²) in [5.74, 6) is -2.58. The van der Waals surface area contributed by atoms with Crippen molar-refractivity contribution in [1.82, 2.24) is 0 Å². The fraction of sp³-hybridized carbons (Fsp3) is 0.0833. The van der Waals surface area contributed by atoms with Gasteiger partial charge in [0.25, 0.3) is 11.8 Å². The largest absolute Gasteiger partial charge is 0.494 e. The van der Waals surface area contributed by atoms with Crippen LogP contribution in [0, 0.1) is 11.6 Å². The highest BCUT2D eigenvalue weighted by atomic mass is 19.2. The van der Waals surface area contributed by atoms with Gasteiger partial charge in [0.1, 0.15) is 11.4 Å². The molecular formula is C24H18F2N2O3. The van der Waals surface area contributed by atoms with E-state index in [0.29, 0.717) is 23.6 Å². The van der Waals surface area contributed by atoms with Gasteiger partial charge in [0, 0.05) is 11.8 Å². The van der Waals surface area contributed by atoms with Crippen LogP contribution in [0.25, 0.3) is 5.57 Å². The maximum Gasteiger partial charge on any atom is 0.282 e. The summed E-state index contributed by atoms with van der Waals surface area (Å²) in [7, 11) is 0.